The van der Waals surface area contributed by atoms with E-state index in [1.165, 1.54) is 0 Å². The molecule has 6 rings (SSSR count). The molecule has 1 aliphatic rings. The first-order valence-corrected chi connectivity index (χ1v) is 11.2. The van der Waals surface area contributed by atoms with Crippen LogP contribution in [0.3, 0.4) is 0 Å². The third kappa shape index (κ3) is 3.63. The standard InChI is InChI=1S/C29H20ClN3/c30-21-15-16-23-22(17-21)28(29(33-23)20-11-5-2-6-12-20)27-18-26(19-9-3-1-4-10-19)31-24-13-7-8-14-25(24)32-27/h1-18,32-33H. The number of fused-ring (bicyclic) bond motifs is 2. The van der Waals surface area contributed by atoms with Crippen LogP contribution in [0.4, 0.5) is 11.4 Å². The molecular weight excluding hydrogens is 426 g/mol. The molecule has 4 heteroatoms. The number of benzene rings is 4. The molecule has 0 fully saturated rings. The number of rotatable bonds is 3. The van der Waals surface area contributed by atoms with E-state index in [-0.39, 0.29) is 0 Å². The Morgan fingerprint density at radius 2 is 1.39 bits per heavy atom. The van der Waals surface area contributed by atoms with Gasteiger partial charge in [0.1, 0.15) is 0 Å². The SMILES string of the molecule is Clc1ccc2[nH]c(-c3ccccc3)c(C3=CC(c4ccccc4)=Nc4ccccc4N3)c2c1. The van der Waals surface area contributed by atoms with Crippen molar-refractivity contribution in [1.82, 2.24) is 4.98 Å². The fourth-order valence-corrected chi connectivity index (χ4v) is 4.49. The summed E-state index contributed by atoms with van der Waals surface area (Å²) in [5, 5.41) is 5.43. The lowest BCUT2D eigenvalue weighted by Crippen LogP contribution is -2.02. The van der Waals surface area contributed by atoms with Gasteiger partial charge in [0.25, 0.3) is 0 Å². The third-order valence-electron chi connectivity index (χ3n) is 5.86. The maximum atomic E-state index is 6.45. The molecule has 0 saturated carbocycles. The lowest BCUT2D eigenvalue weighted by Gasteiger charge is -2.13. The summed E-state index contributed by atoms with van der Waals surface area (Å²) in [5.41, 5.74) is 9.05. The summed E-state index contributed by atoms with van der Waals surface area (Å²) < 4.78 is 0. The molecule has 5 aromatic rings. The Kier molecular flexibility index (Phi) is 4.82. The number of hydrogen-bond donors (Lipinski definition) is 2. The van der Waals surface area contributed by atoms with Crippen molar-refractivity contribution in [3.05, 3.63) is 125 Å². The minimum absolute atomic E-state index is 0.703. The van der Waals surface area contributed by atoms with Gasteiger partial charge in [0.15, 0.2) is 0 Å². The number of halogens is 1. The second kappa shape index (κ2) is 8.12. The highest BCUT2D eigenvalue weighted by Gasteiger charge is 2.21. The first kappa shape index (κ1) is 19.6. The molecule has 0 amide bonds. The Labute approximate surface area is 197 Å². The number of H-pyrrole nitrogens is 1. The van der Waals surface area contributed by atoms with Crippen LogP contribution in [0.2, 0.25) is 5.02 Å². The van der Waals surface area contributed by atoms with E-state index in [2.05, 4.69) is 58.8 Å². The zero-order chi connectivity index (χ0) is 22.2. The van der Waals surface area contributed by atoms with Gasteiger partial charge < -0.3 is 10.3 Å². The Morgan fingerprint density at radius 1 is 0.697 bits per heavy atom. The van der Waals surface area contributed by atoms with Crippen LogP contribution in [0.15, 0.2) is 114 Å². The highest BCUT2D eigenvalue weighted by molar-refractivity contribution is 6.31. The predicted octanol–water partition coefficient (Wildman–Crippen LogP) is 8.08. The fourth-order valence-electron chi connectivity index (χ4n) is 4.31. The first-order valence-electron chi connectivity index (χ1n) is 10.9. The number of hydrogen-bond acceptors (Lipinski definition) is 2. The molecule has 0 atom stereocenters. The predicted molar refractivity (Wildman–Crippen MR) is 139 cm³/mol. The number of nitrogens with one attached hydrogen (secondary N) is 2. The molecule has 0 aliphatic carbocycles. The van der Waals surface area contributed by atoms with E-state index in [0.29, 0.717) is 5.02 Å². The van der Waals surface area contributed by atoms with Crippen molar-refractivity contribution >= 4 is 45.3 Å². The van der Waals surface area contributed by atoms with E-state index in [0.717, 1.165) is 56.1 Å². The average molecular weight is 446 g/mol. The van der Waals surface area contributed by atoms with Crippen molar-refractivity contribution in [2.45, 2.75) is 0 Å². The van der Waals surface area contributed by atoms with E-state index in [1.54, 1.807) is 0 Å². The van der Waals surface area contributed by atoms with E-state index in [1.807, 2.05) is 60.7 Å². The quantitative estimate of drug-likeness (QED) is 0.289. The molecule has 158 valence electrons. The summed E-state index contributed by atoms with van der Waals surface area (Å²) in [6, 6.07) is 34.8. The number of nitrogens with zero attached hydrogens (tertiary/aromatic N) is 1. The van der Waals surface area contributed by atoms with Crippen LogP contribution in [0.5, 0.6) is 0 Å². The summed E-state index contributed by atoms with van der Waals surface area (Å²) >= 11 is 6.45. The molecule has 0 unspecified atom stereocenters. The summed E-state index contributed by atoms with van der Waals surface area (Å²) in [7, 11) is 0. The van der Waals surface area contributed by atoms with Crippen molar-refractivity contribution < 1.29 is 0 Å². The molecule has 0 bridgehead atoms. The Bertz CT molecular complexity index is 1530. The van der Waals surface area contributed by atoms with Crippen LogP contribution in [-0.4, -0.2) is 10.7 Å². The van der Waals surface area contributed by atoms with Crippen LogP contribution in [0.1, 0.15) is 11.1 Å². The topological polar surface area (TPSA) is 40.2 Å². The van der Waals surface area contributed by atoms with E-state index < -0.39 is 0 Å². The fraction of sp³-hybridized carbons (Fsp3) is 0. The van der Waals surface area contributed by atoms with Crippen LogP contribution < -0.4 is 5.32 Å². The number of aromatic nitrogens is 1. The molecule has 1 aliphatic heterocycles. The molecule has 2 N–H and O–H groups in total. The molecule has 33 heavy (non-hydrogen) atoms. The zero-order valence-corrected chi connectivity index (χ0v) is 18.5. The Balaban J connectivity index is 1.64. The van der Waals surface area contributed by atoms with Gasteiger partial charge in [-0.3, -0.25) is 0 Å². The minimum Gasteiger partial charge on any atom is -0.354 e. The van der Waals surface area contributed by atoms with Crippen LogP contribution in [0.25, 0.3) is 27.9 Å². The average Bonchev–Trinajstić information content (AvgIpc) is 3.12. The van der Waals surface area contributed by atoms with Crippen molar-refractivity contribution in [3.8, 4) is 11.3 Å². The number of aliphatic imine (C=N–C) groups is 1. The van der Waals surface area contributed by atoms with Gasteiger partial charge in [-0.15, -0.1) is 0 Å². The molecule has 2 heterocycles. The van der Waals surface area contributed by atoms with Gasteiger partial charge in [0.05, 0.1) is 28.5 Å². The molecule has 0 radical (unpaired) electrons. The van der Waals surface area contributed by atoms with Crippen LogP contribution in [-0.2, 0) is 0 Å². The van der Waals surface area contributed by atoms with Crippen LogP contribution >= 0.6 is 11.6 Å². The van der Waals surface area contributed by atoms with E-state index in [9.17, 15) is 0 Å². The number of aromatic amines is 1. The minimum atomic E-state index is 0.703. The second-order valence-corrected chi connectivity index (χ2v) is 8.43. The van der Waals surface area contributed by atoms with Crippen molar-refractivity contribution in [1.29, 1.82) is 0 Å². The van der Waals surface area contributed by atoms with Gasteiger partial charge >= 0.3 is 0 Å². The van der Waals surface area contributed by atoms with Crippen LogP contribution in [0, 0.1) is 0 Å². The molecular formula is C29H20ClN3. The normalized spacial score (nSPS) is 13.0. The zero-order valence-electron chi connectivity index (χ0n) is 17.7. The first-order chi connectivity index (χ1) is 16.3. The number of para-hydroxylation sites is 2. The molecule has 0 saturated heterocycles. The van der Waals surface area contributed by atoms with Gasteiger partial charge in [0.2, 0.25) is 0 Å². The maximum absolute atomic E-state index is 6.45. The molecule has 1 aromatic heterocycles. The maximum Gasteiger partial charge on any atom is 0.0871 e. The van der Waals surface area contributed by atoms with Gasteiger partial charge in [0, 0.05) is 27.1 Å². The summed E-state index contributed by atoms with van der Waals surface area (Å²) in [6.45, 7) is 0. The van der Waals surface area contributed by atoms with Crippen molar-refractivity contribution in [3.63, 3.8) is 0 Å². The lowest BCUT2D eigenvalue weighted by molar-refractivity contribution is 1.43. The summed E-state index contributed by atoms with van der Waals surface area (Å²) in [4.78, 5) is 8.64. The second-order valence-electron chi connectivity index (χ2n) is 7.99. The van der Waals surface area contributed by atoms with Gasteiger partial charge in [-0.25, -0.2) is 4.99 Å². The third-order valence-corrected chi connectivity index (χ3v) is 6.09. The monoisotopic (exact) mass is 445 g/mol. The van der Waals surface area contributed by atoms with E-state index in [4.69, 9.17) is 16.6 Å². The Morgan fingerprint density at radius 3 is 2.18 bits per heavy atom. The highest BCUT2D eigenvalue weighted by atomic mass is 35.5. The number of anilines is 1. The molecule has 4 aromatic carbocycles. The van der Waals surface area contributed by atoms with Crippen molar-refractivity contribution in [2.75, 3.05) is 5.32 Å². The van der Waals surface area contributed by atoms with Crippen molar-refractivity contribution in [2.24, 2.45) is 4.99 Å². The van der Waals surface area contributed by atoms with Gasteiger partial charge in [-0.05, 0) is 42.0 Å². The van der Waals surface area contributed by atoms with E-state index >= 15 is 0 Å². The molecule has 0 spiro atoms. The number of allylic oxidation sites excluding steroid dienone is 1. The highest BCUT2D eigenvalue weighted by Crippen LogP contribution is 2.40. The summed E-state index contributed by atoms with van der Waals surface area (Å²) in [5.74, 6) is 0. The van der Waals surface area contributed by atoms with Gasteiger partial charge in [-0.2, -0.15) is 0 Å². The molecule has 3 nitrogen and oxygen atoms in total. The van der Waals surface area contributed by atoms with Gasteiger partial charge in [-0.1, -0.05) is 84.4 Å². The Hall–Kier alpha value is -4.08. The largest absolute Gasteiger partial charge is 0.354 e. The smallest absolute Gasteiger partial charge is 0.0871 e. The lowest BCUT2D eigenvalue weighted by atomic mass is 10.00. The summed E-state index contributed by atoms with van der Waals surface area (Å²) in [6.07, 6.45) is 2.13.